The van der Waals surface area contributed by atoms with E-state index in [1.807, 2.05) is 36.0 Å². The summed E-state index contributed by atoms with van der Waals surface area (Å²) < 4.78 is 12.4. The van der Waals surface area contributed by atoms with Crippen LogP contribution in [0.15, 0.2) is 30.5 Å². The number of ether oxygens (including phenoxy) is 2. The maximum Gasteiger partial charge on any atom is 0.124 e. The lowest BCUT2D eigenvalue weighted by molar-refractivity contribution is 0.182. The fraction of sp³-hybridized carbons (Fsp3) is 0.400. The number of halogens is 1. The molecule has 0 radical (unpaired) electrons. The molecule has 6 heteroatoms. The Morgan fingerprint density at radius 3 is 2.76 bits per heavy atom. The summed E-state index contributed by atoms with van der Waals surface area (Å²) in [7, 11) is 5.22. The van der Waals surface area contributed by atoms with E-state index >= 15 is 0 Å². The van der Waals surface area contributed by atoms with Crippen molar-refractivity contribution in [1.29, 1.82) is 0 Å². The van der Waals surface area contributed by atoms with Crippen molar-refractivity contribution in [3.8, 4) is 5.75 Å². The first-order chi connectivity index (χ1) is 10.2. The van der Waals surface area contributed by atoms with Crippen LogP contribution in [0.2, 0.25) is 5.02 Å². The standard InChI is InChI=1S/C15H20ClN3O2/c1-17-14(11-6-4-5-7-13(11)21-3)15-12(16)10-18-19(15)8-9-20-2/h4-7,10,14,17H,8-9H2,1-3H3. The topological polar surface area (TPSA) is 48.3 Å². The van der Waals surface area contributed by atoms with Gasteiger partial charge in [-0.25, -0.2) is 0 Å². The van der Waals surface area contributed by atoms with E-state index in [2.05, 4.69) is 10.4 Å². The Morgan fingerprint density at radius 2 is 2.10 bits per heavy atom. The van der Waals surface area contributed by atoms with Crippen LogP contribution in [0.3, 0.4) is 0 Å². The summed E-state index contributed by atoms with van der Waals surface area (Å²) in [6.07, 6.45) is 1.66. The highest BCUT2D eigenvalue weighted by atomic mass is 35.5. The van der Waals surface area contributed by atoms with E-state index in [9.17, 15) is 0 Å². The van der Waals surface area contributed by atoms with Gasteiger partial charge in [0.15, 0.2) is 0 Å². The van der Waals surface area contributed by atoms with Crippen LogP contribution < -0.4 is 10.1 Å². The van der Waals surface area contributed by atoms with Gasteiger partial charge >= 0.3 is 0 Å². The Bertz CT molecular complexity index is 586. The fourth-order valence-electron chi connectivity index (χ4n) is 2.36. The molecule has 114 valence electrons. The second-order valence-electron chi connectivity index (χ2n) is 4.56. The second-order valence-corrected chi connectivity index (χ2v) is 4.96. The number of benzene rings is 1. The monoisotopic (exact) mass is 309 g/mol. The highest BCUT2D eigenvalue weighted by Gasteiger charge is 2.23. The molecule has 2 aromatic rings. The molecule has 5 nitrogen and oxygen atoms in total. The molecule has 0 bridgehead atoms. The predicted octanol–water partition coefficient (Wildman–Crippen LogP) is 2.50. The smallest absolute Gasteiger partial charge is 0.124 e. The third kappa shape index (κ3) is 3.37. The van der Waals surface area contributed by atoms with Crippen molar-refractivity contribution >= 4 is 11.6 Å². The number of nitrogens with zero attached hydrogens (tertiary/aromatic N) is 2. The molecule has 0 saturated carbocycles. The highest BCUT2D eigenvalue weighted by molar-refractivity contribution is 6.31. The Balaban J connectivity index is 2.44. The molecule has 21 heavy (non-hydrogen) atoms. The zero-order valence-corrected chi connectivity index (χ0v) is 13.2. The summed E-state index contributed by atoms with van der Waals surface area (Å²) in [6, 6.07) is 7.77. The van der Waals surface area contributed by atoms with E-state index in [-0.39, 0.29) is 6.04 Å². The molecule has 1 heterocycles. The van der Waals surface area contributed by atoms with Gasteiger partial charge < -0.3 is 14.8 Å². The maximum absolute atomic E-state index is 6.34. The van der Waals surface area contributed by atoms with Gasteiger partial charge in [0.1, 0.15) is 5.75 Å². The molecule has 2 rings (SSSR count). The third-order valence-electron chi connectivity index (χ3n) is 3.35. The molecule has 1 unspecified atom stereocenters. The largest absolute Gasteiger partial charge is 0.496 e. The highest BCUT2D eigenvalue weighted by Crippen LogP contribution is 2.33. The van der Waals surface area contributed by atoms with E-state index < -0.39 is 0 Å². The lowest BCUT2D eigenvalue weighted by atomic mass is 10.0. The molecule has 1 aromatic heterocycles. The van der Waals surface area contributed by atoms with Gasteiger partial charge in [0.05, 0.1) is 43.2 Å². The summed E-state index contributed by atoms with van der Waals surface area (Å²) in [5.74, 6) is 0.812. The average Bonchev–Trinajstić information content (AvgIpc) is 2.88. The second kappa shape index (κ2) is 7.45. The van der Waals surface area contributed by atoms with Gasteiger partial charge in [0, 0.05) is 12.7 Å². The minimum atomic E-state index is -0.104. The summed E-state index contributed by atoms with van der Waals surface area (Å²) in [4.78, 5) is 0. The molecule has 0 saturated heterocycles. The number of aromatic nitrogens is 2. The van der Waals surface area contributed by atoms with Gasteiger partial charge in [0.25, 0.3) is 0 Å². The Kier molecular flexibility index (Phi) is 5.61. The first kappa shape index (κ1) is 15.8. The zero-order valence-electron chi connectivity index (χ0n) is 12.5. The molecule has 0 aliphatic carbocycles. The molecule has 0 fully saturated rings. The van der Waals surface area contributed by atoms with E-state index in [0.717, 1.165) is 17.0 Å². The number of hydrogen-bond acceptors (Lipinski definition) is 4. The summed E-state index contributed by atoms with van der Waals surface area (Å²) in [5, 5.41) is 8.24. The fourth-order valence-corrected chi connectivity index (χ4v) is 2.61. The summed E-state index contributed by atoms with van der Waals surface area (Å²) >= 11 is 6.34. The number of rotatable bonds is 7. The summed E-state index contributed by atoms with van der Waals surface area (Å²) in [6.45, 7) is 1.22. The van der Waals surface area contributed by atoms with Crippen molar-refractivity contribution in [3.05, 3.63) is 46.7 Å². The minimum absolute atomic E-state index is 0.104. The van der Waals surface area contributed by atoms with Crippen LogP contribution in [-0.2, 0) is 11.3 Å². The first-order valence-corrected chi connectivity index (χ1v) is 7.11. The minimum Gasteiger partial charge on any atom is -0.496 e. The SMILES string of the molecule is CNC(c1ccccc1OC)c1c(Cl)cnn1CCOC. The average molecular weight is 310 g/mol. The molecule has 1 aromatic carbocycles. The van der Waals surface area contributed by atoms with Crippen molar-refractivity contribution < 1.29 is 9.47 Å². The molecule has 0 amide bonds. The van der Waals surface area contributed by atoms with Crippen LogP contribution in [0.25, 0.3) is 0 Å². The van der Waals surface area contributed by atoms with E-state index in [0.29, 0.717) is 18.2 Å². The Labute approximate surface area is 129 Å². The van der Waals surface area contributed by atoms with Crippen LogP contribution in [-0.4, -0.2) is 37.7 Å². The van der Waals surface area contributed by atoms with Crippen LogP contribution >= 0.6 is 11.6 Å². The molecule has 0 spiro atoms. The summed E-state index contributed by atoms with van der Waals surface area (Å²) in [5.41, 5.74) is 1.92. The van der Waals surface area contributed by atoms with Crippen LogP contribution in [0.4, 0.5) is 0 Å². The van der Waals surface area contributed by atoms with Gasteiger partial charge in [-0.2, -0.15) is 5.10 Å². The number of methoxy groups -OCH3 is 2. The Hall–Kier alpha value is -1.56. The van der Waals surface area contributed by atoms with Crippen molar-refractivity contribution in [2.75, 3.05) is 27.9 Å². The molecule has 0 aliphatic rings. The molecule has 0 aliphatic heterocycles. The van der Waals surface area contributed by atoms with Gasteiger partial charge in [-0.05, 0) is 13.1 Å². The first-order valence-electron chi connectivity index (χ1n) is 6.73. The molecular weight excluding hydrogens is 290 g/mol. The van der Waals surface area contributed by atoms with Gasteiger partial charge in [-0.1, -0.05) is 29.8 Å². The lowest BCUT2D eigenvalue weighted by Gasteiger charge is -2.21. The van der Waals surface area contributed by atoms with Crippen molar-refractivity contribution in [2.45, 2.75) is 12.6 Å². The van der Waals surface area contributed by atoms with Gasteiger partial charge in [-0.15, -0.1) is 0 Å². The quantitative estimate of drug-likeness (QED) is 0.854. The van der Waals surface area contributed by atoms with Crippen molar-refractivity contribution in [1.82, 2.24) is 15.1 Å². The van der Waals surface area contributed by atoms with Crippen molar-refractivity contribution in [2.24, 2.45) is 0 Å². The number of hydrogen-bond donors (Lipinski definition) is 1. The van der Waals surface area contributed by atoms with Crippen LogP contribution in [0.1, 0.15) is 17.3 Å². The third-order valence-corrected chi connectivity index (χ3v) is 3.64. The van der Waals surface area contributed by atoms with Crippen molar-refractivity contribution in [3.63, 3.8) is 0 Å². The normalized spacial score (nSPS) is 12.4. The maximum atomic E-state index is 6.34. The van der Waals surface area contributed by atoms with E-state index in [1.165, 1.54) is 0 Å². The lowest BCUT2D eigenvalue weighted by Crippen LogP contribution is -2.23. The molecular formula is C15H20ClN3O2. The number of para-hydroxylation sites is 1. The zero-order chi connectivity index (χ0) is 15.2. The number of nitrogens with one attached hydrogen (secondary N) is 1. The van der Waals surface area contributed by atoms with Crippen LogP contribution in [0.5, 0.6) is 5.75 Å². The van der Waals surface area contributed by atoms with E-state index in [1.54, 1.807) is 20.4 Å². The van der Waals surface area contributed by atoms with Gasteiger partial charge in [0.2, 0.25) is 0 Å². The van der Waals surface area contributed by atoms with E-state index in [4.69, 9.17) is 21.1 Å². The predicted molar refractivity (Wildman–Crippen MR) is 83.0 cm³/mol. The van der Waals surface area contributed by atoms with Gasteiger partial charge in [-0.3, -0.25) is 4.68 Å². The Morgan fingerprint density at radius 1 is 1.33 bits per heavy atom. The van der Waals surface area contributed by atoms with Crippen LogP contribution in [0, 0.1) is 0 Å². The molecule has 1 atom stereocenters. The molecule has 1 N–H and O–H groups in total.